The molecule has 1 N–H and O–H groups in total. The summed E-state index contributed by atoms with van der Waals surface area (Å²) in [5.74, 6) is -0.106. The molecule has 0 bridgehead atoms. The second-order valence-electron chi connectivity index (χ2n) is 5.06. The normalized spacial score (nSPS) is 18.6. The van der Waals surface area contributed by atoms with Gasteiger partial charge in [-0.25, -0.2) is 0 Å². The van der Waals surface area contributed by atoms with Crippen molar-refractivity contribution in [1.29, 1.82) is 0 Å². The van der Waals surface area contributed by atoms with Gasteiger partial charge in [-0.2, -0.15) is 0 Å². The molecule has 0 spiro atoms. The highest BCUT2D eigenvalue weighted by molar-refractivity contribution is 5.69. The van der Waals surface area contributed by atoms with Crippen molar-refractivity contribution in [3.63, 3.8) is 0 Å². The molecule has 0 heterocycles. The van der Waals surface area contributed by atoms with E-state index < -0.39 is 0 Å². The van der Waals surface area contributed by atoms with Crippen LogP contribution < -0.4 is 5.32 Å². The molecule has 1 rings (SSSR count). The SMILES string of the molecule is CCOC(=O)CCNCC1(N(C)C)CCCC1. The third-order valence-electron chi connectivity index (χ3n) is 3.75. The lowest BCUT2D eigenvalue weighted by atomic mass is 9.96. The highest BCUT2D eigenvalue weighted by Crippen LogP contribution is 2.32. The zero-order chi connectivity index (χ0) is 12.7. The fourth-order valence-corrected chi connectivity index (χ4v) is 2.56. The lowest BCUT2D eigenvalue weighted by Crippen LogP contribution is -2.49. The molecule has 4 heteroatoms. The molecule has 0 saturated heterocycles. The van der Waals surface area contributed by atoms with E-state index in [1.165, 1.54) is 25.7 Å². The first kappa shape index (κ1) is 14.5. The molecule has 0 aliphatic heterocycles. The largest absolute Gasteiger partial charge is 0.466 e. The van der Waals surface area contributed by atoms with Crippen molar-refractivity contribution in [2.24, 2.45) is 0 Å². The van der Waals surface area contributed by atoms with Gasteiger partial charge in [-0.1, -0.05) is 12.8 Å². The maximum Gasteiger partial charge on any atom is 0.307 e. The van der Waals surface area contributed by atoms with Crippen molar-refractivity contribution in [2.75, 3.05) is 33.8 Å². The van der Waals surface area contributed by atoms with Crippen LogP contribution >= 0.6 is 0 Å². The van der Waals surface area contributed by atoms with Gasteiger partial charge in [0.05, 0.1) is 13.0 Å². The summed E-state index contributed by atoms with van der Waals surface area (Å²) in [5.41, 5.74) is 0.300. The number of carbonyl (C=O) groups is 1. The monoisotopic (exact) mass is 242 g/mol. The first-order valence-electron chi connectivity index (χ1n) is 6.64. The van der Waals surface area contributed by atoms with Gasteiger partial charge in [0, 0.05) is 18.6 Å². The number of nitrogens with zero attached hydrogens (tertiary/aromatic N) is 1. The van der Waals surface area contributed by atoms with Gasteiger partial charge < -0.3 is 15.0 Å². The van der Waals surface area contributed by atoms with Crippen LogP contribution in [0.5, 0.6) is 0 Å². The van der Waals surface area contributed by atoms with Crippen LogP contribution in [-0.4, -0.2) is 50.2 Å². The van der Waals surface area contributed by atoms with E-state index in [2.05, 4.69) is 24.3 Å². The summed E-state index contributed by atoms with van der Waals surface area (Å²) < 4.78 is 4.90. The Labute approximate surface area is 105 Å². The van der Waals surface area contributed by atoms with E-state index in [-0.39, 0.29) is 5.97 Å². The highest BCUT2D eigenvalue weighted by Gasteiger charge is 2.35. The Bertz CT molecular complexity index is 236. The molecule has 4 nitrogen and oxygen atoms in total. The van der Waals surface area contributed by atoms with Crippen molar-refractivity contribution < 1.29 is 9.53 Å². The molecule has 0 aromatic carbocycles. The number of hydrogen-bond donors (Lipinski definition) is 1. The van der Waals surface area contributed by atoms with Gasteiger partial charge in [-0.15, -0.1) is 0 Å². The van der Waals surface area contributed by atoms with E-state index >= 15 is 0 Å². The standard InChI is InChI=1S/C13H26N2O2/c1-4-17-12(16)7-10-14-11-13(15(2)3)8-5-6-9-13/h14H,4-11H2,1-3H3. The maximum absolute atomic E-state index is 11.2. The lowest BCUT2D eigenvalue weighted by Gasteiger charge is -2.36. The third-order valence-corrected chi connectivity index (χ3v) is 3.75. The van der Waals surface area contributed by atoms with Crippen molar-refractivity contribution in [2.45, 2.75) is 44.6 Å². The molecule has 1 fully saturated rings. The summed E-state index contributed by atoms with van der Waals surface area (Å²) >= 11 is 0. The molecule has 0 atom stereocenters. The van der Waals surface area contributed by atoms with E-state index in [0.717, 1.165) is 6.54 Å². The van der Waals surface area contributed by atoms with Crippen molar-refractivity contribution >= 4 is 5.97 Å². The topological polar surface area (TPSA) is 41.6 Å². The number of esters is 1. The molecule has 0 aromatic heterocycles. The first-order valence-corrected chi connectivity index (χ1v) is 6.64. The summed E-state index contributed by atoms with van der Waals surface area (Å²) in [4.78, 5) is 13.5. The average Bonchev–Trinajstić information content (AvgIpc) is 2.75. The Hall–Kier alpha value is -0.610. The molecule has 0 radical (unpaired) electrons. The van der Waals surface area contributed by atoms with Gasteiger partial charge in [0.25, 0.3) is 0 Å². The minimum absolute atomic E-state index is 0.106. The minimum Gasteiger partial charge on any atom is -0.466 e. The zero-order valence-electron chi connectivity index (χ0n) is 11.4. The summed E-state index contributed by atoms with van der Waals surface area (Å²) in [5, 5.41) is 3.40. The molecule has 1 saturated carbocycles. The molecule has 1 aliphatic carbocycles. The van der Waals surface area contributed by atoms with Gasteiger partial charge in [0.15, 0.2) is 0 Å². The van der Waals surface area contributed by atoms with Crippen LogP contribution in [-0.2, 0) is 9.53 Å². The number of rotatable bonds is 7. The van der Waals surface area contributed by atoms with E-state index in [0.29, 0.717) is 25.1 Å². The van der Waals surface area contributed by atoms with Gasteiger partial charge in [0.2, 0.25) is 0 Å². The summed E-state index contributed by atoms with van der Waals surface area (Å²) in [6, 6.07) is 0. The summed E-state index contributed by atoms with van der Waals surface area (Å²) in [6.45, 7) is 4.00. The maximum atomic E-state index is 11.2. The number of ether oxygens (including phenoxy) is 1. The Balaban J connectivity index is 2.22. The fraction of sp³-hybridized carbons (Fsp3) is 0.923. The predicted molar refractivity (Wildman–Crippen MR) is 69.0 cm³/mol. The van der Waals surface area contributed by atoms with E-state index in [1.807, 2.05) is 6.92 Å². The number of hydrogen-bond acceptors (Lipinski definition) is 4. The van der Waals surface area contributed by atoms with Crippen LogP contribution in [0.25, 0.3) is 0 Å². The second-order valence-corrected chi connectivity index (χ2v) is 5.06. The second kappa shape index (κ2) is 6.97. The van der Waals surface area contributed by atoms with Gasteiger partial charge in [-0.3, -0.25) is 4.79 Å². The Morgan fingerprint density at radius 1 is 1.35 bits per heavy atom. The molecule has 100 valence electrons. The number of nitrogens with one attached hydrogen (secondary N) is 1. The van der Waals surface area contributed by atoms with Gasteiger partial charge in [-0.05, 0) is 33.9 Å². The molecule has 0 amide bonds. The van der Waals surface area contributed by atoms with Gasteiger partial charge >= 0.3 is 5.97 Å². The number of carbonyl (C=O) groups excluding carboxylic acids is 1. The molecular formula is C13H26N2O2. The molecule has 0 aromatic rings. The molecule has 17 heavy (non-hydrogen) atoms. The van der Waals surface area contributed by atoms with Crippen LogP contribution in [0.1, 0.15) is 39.0 Å². The fourth-order valence-electron chi connectivity index (χ4n) is 2.56. The van der Waals surface area contributed by atoms with E-state index in [9.17, 15) is 4.79 Å². The van der Waals surface area contributed by atoms with Crippen LogP contribution in [0.15, 0.2) is 0 Å². The van der Waals surface area contributed by atoms with Crippen molar-refractivity contribution in [3.8, 4) is 0 Å². The number of likely N-dealkylation sites (N-methyl/N-ethyl adjacent to an activating group) is 1. The Morgan fingerprint density at radius 3 is 2.53 bits per heavy atom. The van der Waals surface area contributed by atoms with Crippen molar-refractivity contribution in [3.05, 3.63) is 0 Å². The van der Waals surface area contributed by atoms with Crippen LogP contribution in [0.2, 0.25) is 0 Å². The summed E-state index contributed by atoms with van der Waals surface area (Å²) in [7, 11) is 4.30. The summed E-state index contributed by atoms with van der Waals surface area (Å²) in [6.07, 6.45) is 5.62. The van der Waals surface area contributed by atoms with E-state index in [1.54, 1.807) is 0 Å². The Morgan fingerprint density at radius 2 is 2.00 bits per heavy atom. The van der Waals surface area contributed by atoms with Crippen molar-refractivity contribution in [1.82, 2.24) is 10.2 Å². The van der Waals surface area contributed by atoms with E-state index in [4.69, 9.17) is 4.74 Å². The molecule has 1 aliphatic rings. The van der Waals surface area contributed by atoms with Crippen LogP contribution in [0.3, 0.4) is 0 Å². The quantitative estimate of drug-likeness (QED) is 0.541. The van der Waals surface area contributed by atoms with Crippen LogP contribution in [0.4, 0.5) is 0 Å². The first-order chi connectivity index (χ1) is 8.10. The lowest BCUT2D eigenvalue weighted by molar-refractivity contribution is -0.143. The third kappa shape index (κ3) is 4.28. The average molecular weight is 242 g/mol. The zero-order valence-corrected chi connectivity index (χ0v) is 11.4. The van der Waals surface area contributed by atoms with Gasteiger partial charge in [0.1, 0.15) is 0 Å². The Kier molecular flexibility index (Phi) is 5.92. The molecule has 0 unspecified atom stereocenters. The molecular weight excluding hydrogens is 216 g/mol. The smallest absolute Gasteiger partial charge is 0.307 e. The predicted octanol–water partition coefficient (Wildman–Crippen LogP) is 1.40. The minimum atomic E-state index is -0.106. The highest BCUT2D eigenvalue weighted by atomic mass is 16.5. The van der Waals surface area contributed by atoms with Crippen LogP contribution in [0, 0.1) is 0 Å².